The molecule has 15 heavy (non-hydrogen) atoms. The Bertz CT molecular complexity index is 418. The Kier molecular flexibility index (Phi) is 4.89. The fraction of sp³-hybridized carbons (Fsp3) is 0.222. The summed E-state index contributed by atoms with van der Waals surface area (Å²) in [5.41, 5.74) is 0.682. The molecule has 1 rings (SSSR count). The lowest BCUT2D eigenvalue weighted by Gasteiger charge is -2.14. The van der Waals surface area contributed by atoms with Gasteiger partial charge in [-0.1, -0.05) is 0 Å². The number of halogens is 3. The number of carbonyl (C=O) groups is 1. The molecule has 0 bridgehead atoms. The number of phenolic OH excluding ortho intramolecular Hbond substituents is 1. The fourth-order valence-corrected chi connectivity index (χ4v) is 5.42. The van der Waals surface area contributed by atoms with Crippen molar-refractivity contribution < 1.29 is 15.0 Å². The highest BCUT2D eigenvalue weighted by molar-refractivity contribution is 14.1. The average molecular weight is 544 g/mol. The van der Waals surface area contributed by atoms with Gasteiger partial charge in [0.15, 0.2) is 0 Å². The van der Waals surface area contributed by atoms with E-state index in [0.29, 0.717) is 9.13 Å². The Morgan fingerprint density at radius 2 is 1.87 bits per heavy atom. The lowest BCUT2D eigenvalue weighted by molar-refractivity contribution is -0.138. The number of benzene rings is 1. The number of carboxylic acid groups (broad SMARTS) is 1. The molecule has 0 aromatic heterocycles. The maximum atomic E-state index is 10.9. The molecule has 1 aromatic carbocycles. The van der Waals surface area contributed by atoms with E-state index in [0.717, 1.165) is 7.14 Å². The van der Waals surface area contributed by atoms with Crippen LogP contribution in [0.5, 0.6) is 5.75 Å². The molecule has 1 aromatic rings. The Morgan fingerprint density at radius 1 is 1.33 bits per heavy atom. The molecule has 0 amide bonds. The van der Waals surface area contributed by atoms with E-state index >= 15 is 0 Å². The van der Waals surface area contributed by atoms with Crippen LogP contribution in [0.25, 0.3) is 0 Å². The number of hydrogen-bond donors (Lipinski definition) is 2. The van der Waals surface area contributed by atoms with Gasteiger partial charge >= 0.3 is 5.97 Å². The monoisotopic (exact) mass is 544 g/mol. The molecular formula is C9H7I3O3. The van der Waals surface area contributed by atoms with Gasteiger partial charge in [0.25, 0.3) is 0 Å². The van der Waals surface area contributed by atoms with Crippen LogP contribution in [0.3, 0.4) is 0 Å². The van der Waals surface area contributed by atoms with Crippen LogP contribution in [0.15, 0.2) is 6.07 Å². The molecule has 1 unspecified atom stereocenters. The topological polar surface area (TPSA) is 57.5 Å². The van der Waals surface area contributed by atoms with Gasteiger partial charge in [-0.2, -0.15) is 0 Å². The quantitative estimate of drug-likeness (QED) is 0.563. The normalized spacial score (nSPS) is 12.5. The van der Waals surface area contributed by atoms with E-state index in [9.17, 15) is 9.90 Å². The van der Waals surface area contributed by atoms with Crippen molar-refractivity contribution in [1.82, 2.24) is 0 Å². The molecule has 82 valence electrons. The third kappa shape index (κ3) is 2.87. The first-order valence-electron chi connectivity index (χ1n) is 3.95. The summed E-state index contributed by atoms with van der Waals surface area (Å²) in [6, 6.07) is 1.79. The van der Waals surface area contributed by atoms with Crippen molar-refractivity contribution in [3.8, 4) is 5.75 Å². The Hall–Kier alpha value is 0.680. The van der Waals surface area contributed by atoms with Crippen molar-refractivity contribution in [2.45, 2.75) is 12.8 Å². The minimum absolute atomic E-state index is 0.166. The molecule has 1 atom stereocenters. The molecule has 0 aliphatic heterocycles. The largest absolute Gasteiger partial charge is 0.506 e. The van der Waals surface area contributed by atoms with Crippen LogP contribution in [-0.4, -0.2) is 16.2 Å². The predicted molar refractivity (Wildman–Crippen MR) is 82.3 cm³/mol. The molecule has 0 saturated heterocycles. The van der Waals surface area contributed by atoms with Crippen LogP contribution in [0.4, 0.5) is 0 Å². The molecule has 0 radical (unpaired) electrons. The van der Waals surface area contributed by atoms with Gasteiger partial charge in [-0.05, 0) is 86.3 Å². The van der Waals surface area contributed by atoms with Crippen molar-refractivity contribution in [3.63, 3.8) is 0 Å². The van der Waals surface area contributed by atoms with Crippen LogP contribution in [-0.2, 0) is 4.79 Å². The van der Waals surface area contributed by atoms with Gasteiger partial charge in [0.1, 0.15) is 5.75 Å². The smallest absolute Gasteiger partial charge is 0.310 e. The average Bonchev–Trinajstić information content (AvgIpc) is 2.14. The van der Waals surface area contributed by atoms with Gasteiger partial charge in [0.05, 0.1) is 13.1 Å². The fourth-order valence-electron chi connectivity index (χ4n) is 1.12. The summed E-state index contributed by atoms with van der Waals surface area (Å²) in [6.45, 7) is 1.62. The summed E-state index contributed by atoms with van der Waals surface area (Å²) in [7, 11) is 0. The van der Waals surface area contributed by atoms with E-state index < -0.39 is 11.9 Å². The molecule has 0 aliphatic carbocycles. The van der Waals surface area contributed by atoms with Crippen LogP contribution >= 0.6 is 67.8 Å². The minimum atomic E-state index is -0.883. The molecule has 6 heteroatoms. The summed E-state index contributed by atoms with van der Waals surface area (Å²) in [5.74, 6) is -1.32. The molecule has 0 heterocycles. The maximum absolute atomic E-state index is 10.9. The number of aliphatic carboxylic acids is 1. The number of rotatable bonds is 2. The molecule has 0 aliphatic rings. The lowest BCUT2D eigenvalue weighted by Crippen LogP contribution is -2.11. The van der Waals surface area contributed by atoms with E-state index in [-0.39, 0.29) is 5.75 Å². The van der Waals surface area contributed by atoms with Gasteiger partial charge in [-0.15, -0.1) is 0 Å². The van der Waals surface area contributed by atoms with Crippen LogP contribution in [0.1, 0.15) is 18.4 Å². The first-order valence-corrected chi connectivity index (χ1v) is 7.19. The van der Waals surface area contributed by atoms with Gasteiger partial charge in [-0.25, -0.2) is 0 Å². The first-order chi connectivity index (χ1) is 6.86. The molecule has 0 saturated carbocycles. The zero-order valence-corrected chi connectivity index (χ0v) is 14.1. The summed E-state index contributed by atoms with van der Waals surface area (Å²) in [5, 5.41) is 18.7. The number of hydrogen-bond acceptors (Lipinski definition) is 2. The second-order valence-electron chi connectivity index (χ2n) is 2.98. The van der Waals surface area contributed by atoms with Crippen LogP contribution in [0.2, 0.25) is 0 Å². The summed E-state index contributed by atoms with van der Waals surface area (Å²) >= 11 is 6.10. The molecule has 0 fully saturated rings. The van der Waals surface area contributed by atoms with Crippen molar-refractivity contribution in [2.24, 2.45) is 0 Å². The highest BCUT2D eigenvalue weighted by Gasteiger charge is 2.22. The number of aromatic hydroxyl groups is 1. The molecular weight excluding hydrogens is 537 g/mol. The van der Waals surface area contributed by atoms with Gasteiger partial charge in [-0.3, -0.25) is 4.79 Å². The van der Waals surface area contributed by atoms with Crippen LogP contribution < -0.4 is 0 Å². The standard InChI is InChI=1S/C9H7I3O3/c1-3(9(14)15)6-4(10)2-5(11)8(13)7(6)12/h2-3,13H,1H3,(H,14,15). The van der Waals surface area contributed by atoms with E-state index in [1.54, 1.807) is 13.0 Å². The van der Waals surface area contributed by atoms with Crippen molar-refractivity contribution in [1.29, 1.82) is 0 Å². The first kappa shape index (κ1) is 13.7. The molecule has 0 spiro atoms. The van der Waals surface area contributed by atoms with Crippen molar-refractivity contribution in [3.05, 3.63) is 22.3 Å². The zero-order valence-electron chi connectivity index (χ0n) is 7.59. The number of carboxylic acids is 1. The summed E-state index contributed by atoms with van der Waals surface area (Å²) < 4.78 is 2.23. The maximum Gasteiger partial charge on any atom is 0.310 e. The second kappa shape index (κ2) is 5.34. The summed E-state index contributed by atoms with van der Waals surface area (Å²) in [4.78, 5) is 10.9. The minimum Gasteiger partial charge on any atom is -0.506 e. The van der Waals surface area contributed by atoms with E-state index in [4.69, 9.17) is 5.11 Å². The second-order valence-corrected chi connectivity index (χ2v) is 6.38. The lowest BCUT2D eigenvalue weighted by atomic mass is 10.0. The Labute approximate surface area is 128 Å². The predicted octanol–water partition coefficient (Wildman–Crippen LogP) is 3.39. The van der Waals surface area contributed by atoms with Gasteiger partial charge in [0, 0.05) is 3.57 Å². The van der Waals surface area contributed by atoms with E-state index in [1.807, 2.05) is 45.2 Å². The highest BCUT2D eigenvalue weighted by Crippen LogP contribution is 2.36. The third-order valence-electron chi connectivity index (χ3n) is 1.98. The van der Waals surface area contributed by atoms with Crippen molar-refractivity contribution >= 4 is 73.7 Å². The third-order valence-corrected chi connectivity index (χ3v) is 4.79. The number of phenols is 1. The summed E-state index contributed by atoms with van der Waals surface area (Å²) in [6.07, 6.45) is 0. The van der Waals surface area contributed by atoms with Gasteiger partial charge < -0.3 is 10.2 Å². The molecule has 2 N–H and O–H groups in total. The Morgan fingerprint density at radius 3 is 2.33 bits per heavy atom. The molecule has 3 nitrogen and oxygen atoms in total. The van der Waals surface area contributed by atoms with E-state index in [2.05, 4.69) is 22.6 Å². The van der Waals surface area contributed by atoms with Crippen molar-refractivity contribution in [2.75, 3.05) is 0 Å². The zero-order chi connectivity index (χ0) is 11.7. The SMILES string of the molecule is CC(C(=O)O)c1c(I)cc(I)c(O)c1I. The van der Waals surface area contributed by atoms with Crippen LogP contribution in [0, 0.1) is 10.7 Å². The van der Waals surface area contributed by atoms with Gasteiger partial charge in [0.2, 0.25) is 0 Å². The Balaban J connectivity index is 3.42. The van der Waals surface area contributed by atoms with E-state index in [1.165, 1.54) is 0 Å². The highest BCUT2D eigenvalue weighted by atomic mass is 127.